The number of imidazole rings is 1. The number of rotatable bonds is 1. The lowest BCUT2D eigenvalue weighted by atomic mass is 10.3. The van der Waals surface area contributed by atoms with Gasteiger partial charge in [-0.25, -0.2) is 4.98 Å². The lowest BCUT2D eigenvalue weighted by molar-refractivity contribution is 0.760. The molecule has 0 unspecified atom stereocenters. The first-order valence-corrected chi connectivity index (χ1v) is 5.35. The average Bonchev–Trinajstić information content (AvgIpc) is 2.47. The molecule has 0 radical (unpaired) electrons. The normalized spacial score (nSPS) is 13.4. The van der Waals surface area contributed by atoms with E-state index in [0.29, 0.717) is 5.02 Å². The lowest BCUT2D eigenvalue weighted by Crippen LogP contribution is -2.06. The summed E-state index contributed by atoms with van der Waals surface area (Å²) in [6.45, 7) is 1.88. The molecular weight excluding hydrogens is 265 g/mol. The first-order chi connectivity index (χ1) is 6.58. The van der Waals surface area contributed by atoms with Crippen LogP contribution in [0.5, 0.6) is 0 Å². The molecule has 2 rings (SSSR count). The summed E-state index contributed by atoms with van der Waals surface area (Å²) in [6.07, 6.45) is 0. The van der Waals surface area contributed by atoms with Gasteiger partial charge in [0, 0.05) is 4.47 Å². The Balaban J connectivity index is 2.70. The molecule has 0 aliphatic carbocycles. The van der Waals surface area contributed by atoms with E-state index < -0.39 is 0 Å². The van der Waals surface area contributed by atoms with Crippen molar-refractivity contribution in [2.75, 3.05) is 0 Å². The summed E-state index contributed by atoms with van der Waals surface area (Å²) in [6, 6.07) is 3.63. The average molecular weight is 275 g/mol. The third kappa shape index (κ3) is 1.65. The molecule has 14 heavy (non-hydrogen) atoms. The number of fused-ring (bicyclic) bond motifs is 1. The summed E-state index contributed by atoms with van der Waals surface area (Å²) in [7, 11) is 0. The van der Waals surface area contributed by atoms with Crippen LogP contribution in [0.25, 0.3) is 11.0 Å². The van der Waals surface area contributed by atoms with Gasteiger partial charge in [0.05, 0.1) is 16.6 Å². The van der Waals surface area contributed by atoms with Gasteiger partial charge in [-0.2, -0.15) is 0 Å². The van der Waals surface area contributed by atoms with Gasteiger partial charge < -0.3 is 10.7 Å². The van der Waals surface area contributed by atoms with Gasteiger partial charge in [0.25, 0.3) is 0 Å². The van der Waals surface area contributed by atoms with Crippen molar-refractivity contribution in [3.63, 3.8) is 0 Å². The molecule has 2 aromatic rings. The van der Waals surface area contributed by atoms with Crippen LogP contribution < -0.4 is 5.73 Å². The third-order valence-electron chi connectivity index (χ3n) is 1.95. The zero-order valence-electron chi connectivity index (χ0n) is 7.51. The molecule has 0 saturated carbocycles. The molecular formula is C9H9BrClN3. The Morgan fingerprint density at radius 2 is 2.29 bits per heavy atom. The van der Waals surface area contributed by atoms with Crippen molar-refractivity contribution >= 4 is 38.6 Å². The molecule has 1 aromatic heterocycles. The fourth-order valence-corrected chi connectivity index (χ4v) is 2.13. The van der Waals surface area contributed by atoms with E-state index in [-0.39, 0.29) is 6.04 Å². The Kier molecular flexibility index (Phi) is 2.51. The second-order valence-corrected chi connectivity index (χ2v) is 4.52. The molecule has 1 atom stereocenters. The maximum Gasteiger partial charge on any atom is 0.124 e. The van der Waals surface area contributed by atoms with Gasteiger partial charge in [-0.15, -0.1) is 0 Å². The maximum atomic E-state index is 6.03. The van der Waals surface area contributed by atoms with Crippen molar-refractivity contribution in [3.8, 4) is 0 Å². The third-order valence-corrected chi connectivity index (χ3v) is 2.70. The van der Waals surface area contributed by atoms with Gasteiger partial charge in [-0.3, -0.25) is 0 Å². The van der Waals surface area contributed by atoms with Crippen molar-refractivity contribution in [1.29, 1.82) is 0 Å². The highest BCUT2D eigenvalue weighted by Gasteiger charge is 2.09. The molecule has 0 aliphatic rings. The van der Waals surface area contributed by atoms with Crippen LogP contribution in [0, 0.1) is 0 Å². The molecule has 1 aromatic carbocycles. The van der Waals surface area contributed by atoms with Gasteiger partial charge in [0.2, 0.25) is 0 Å². The van der Waals surface area contributed by atoms with Gasteiger partial charge in [0.1, 0.15) is 11.3 Å². The number of H-pyrrole nitrogens is 1. The number of hydrogen-bond acceptors (Lipinski definition) is 2. The predicted octanol–water partition coefficient (Wildman–Crippen LogP) is 3.00. The van der Waals surface area contributed by atoms with E-state index in [9.17, 15) is 0 Å². The Morgan fingerprint density at radius 3 is 2.93 bits per heavy atom. The van der Waals surface area contributed by atoms with Crippen LogP contribution in [0.3, 0.4) is 0 Å². The molecule has 0 aliphatic heterocycles. The SMILES string of the molecule is C[C@H](N)c1nc2c(Cl)cc(Br)cc2[nH]1. The summed E-state index contributed by atoms with van der Waals surface area (Å²) < 4.78 is 0.926. The topological polar surface area (TPSA) is 54.7 Å². The number of aromatic amines is 1. The second-order valence-electron chi connectivity index (χ2n) is 3.19. The van der Waals surface area contributed by atoms with E-state index >= 15 is 0 Å². The Bertz CT molecular complexity index is 478. The Morgan fingerprint density at radius 1 is 1.57 bits per heavy atom. The highest BCUT2D eigenvalue weighted by atomic mass is 79.9. The second kappa shape index (κ2) is 3.53. The van der Waals surface area contributed by atoms with E-state index in [1.165, 1.54) is 0 Å². The zero-order valence-corrected chi connectivity index (χ0v) is 9.85. The molecule has 0 bridgehead atoms. The van der Waals surface area contributed by atoms with Crippen LogP contribution in [0.1, 0.15) is 18.8 Å². The summed E-state index contributed by atoms with van der Waals surface area (Å²) in [5.74, 6) is 0.750. The number of nitrogens with one attached hydrogen (secondary N) is 1. The van der Waals surface area contributed by atoms with Gasteiger partial charge in [-0.05, 0) is 19.1 Å². The summed E-state index contributed by atoms with van der Waals surface area (Å²) >= 11 is 9.39. The zero-order chi connectivity index (χ0) is 10.3. The van der Waals surface area contributed by atoms with Crippen molar-refractivity contribution < 1.29 is 0 Å². The molecule has 74 valence electrons. The summed E-state index contributed by atoms with van der Waals surface area (Å²) in [4.78, 5) is 7.45. The van der Waals surface area contributed by atoms with E-state index in [1.54, 1.807) is 0 Å². The number of hydrogen-bond donors (Lipinski definition) is 2. The van der Waals surface area contributed by atoms with Gasteiger partial charge in [-0.1, -0.05) is 27.5 Å². The van der Waals surface area contributed by atoms with E-state index in [2.05, 4.69) is 25.9 Å². The minimum atomic E-state index is -0.114. The molecule has 0 amide bonds. The van der Waals surface area contributed by atoms with Crippen molar-refractivity contribution in [2.45, 2.75) is 13.0 Å². The van der Waals surface area contributed by atoms with Crippen molar-refractivity contribution in [3.05, 3.63) is 27.5 Å². The predicted molar refractivity (Wildman–Crippen MR) is 61.4 cm³/mol. The van der Waals surface area contributed by atoms with Crippen LogP contribution in [0.2, 0.25) is 5.02 Å². The van der Waals surface area contributed by atoms with E-state index in [1.807, 2.05) is 19.1 Å². The number of aromatic nitrogens is 2. The van der Waals surface area contributed by atoms with Crippen LogP contribution >= 0.6 is 27.5 Å². The minimum Gasteiger partial charge on any atom is -0.341 e. The molecule has 3 nitrogen and oxygen atoms in total. The van der Waals surface area contributed by atoms with Crippen LogP contribution in [-0.4, -0.2) is 9.97 Å². The van der Waals surface area contributed by atoms with E-state index in [4.69, 9.17) is 17.3 Å². The number of halogens is 2. The van der Waals surface area contributed by atoms with Crippen LogP contribution in [0.15, 0.2) is 16.6 Å². The number of benzene rings is 1. The quantitative estimate of drug-likeness (QED) is 0.840. The molecule has 3 N–H and O–H groups in total. The van der Waals surface area contributed by atoms with Crippen LogP contribution in [0.4, 0.5) is 0 Å². The highest BCUT2D eigenvalue weighted by Crippen LogP contribution is 2.27. The maximum absolute atomic E-state index is 6.03. The van der Waals surface area contributed by atoms with Crippen LogP contribution in [-0.2, 0) is 0 Å². The fraction of sp³-hybridized carbons (Fsp3) is 0.222. The number of nitrogens with two attached hydrogens (primary N) is 1. The monoisotopic (exact) mass is 273 g/mol. The molecule has 0 spiro atoms. The lowest BCUT2D eigenvalue weighted by Gasteiger charge is -1.96. The first-order valence-electron chi connectivity index (χ1n) is 4.18. The van der Waals surface area contributed by atoms with Crippen molar-refractivity contribution in [1.82, 2.24) is 9.97 Å². The molecule has 1 heterocycles. The Hall–Kier alpha value is -0.580. The largest absolute Gasteiger partial charge is 0.341 e. The fourth-order valence-electron chi connectivity index (χ4n) is 1.28. The molecule has 0 saturated heterocycles. The van der Waals surface area contributed by atoms with Crippen molar-refractivity contribution in [2.24, 2.45) is 5.73 Å². The summed E-state index contributed by atoms with van der Waals surface area (Å²) in [5, 5.41) is 0.623. The van der Waals surface area contributed by atoms with Gasteiger partial charge >= 0.3 is 0 Å². The summed E-state index contributed by atoms with van der Waals surface area (Å²) in [5.41, 5.74) is 7.38. The Labute approximate surface area is 94.8 Å². The smallest absolute Gasteiger partial charge is 0.124 e. The minimum absolute atomic E-state index is 0.114. The standard InChI is InChI=1S/C9H9BrClN3/c1-4(12)9-13-7-3-5(10)2-6(11)8(7)14-9/h2-4H,12H2,1H3,(H,13,14)/t4-/m0/s1. The molecule has 0 fully saturated rings. The van der Waals surface area contributed by atoms with E-state index in [0.717, 1.165) is 21.3 Å². The first kappa shape index (κ1) is 9.96. The van der Waals surface area contributed by atoms with Gasteiger partial charge in [0.15, 0.2) is 0 Å². The highest BCUT2D eigenvalue weighted by molar-refractivity contribution is 9.10. The molecule has 5 heteroatoms. The number of nitrogens with zero attached hydrogens (tertiary/aromatic N) is 1.